The van der Waals surface area contributed by atoms with Crippen molar-refractivity contribution in [2.75, 3.05) is 6.54 Å². The molecule has 0 fully saturated rings. The van der Waals surface area contributed by atoms with E-state index in [0.29, 0.717) is 0 Å². The summed E-state index contributed by atoms with van der Waals surface area (Å²) >= 11 is 0. The summed E-state index contributed by atoms with van der Waals surface area (Å²) in [6, 6.07) is 2.46. The van der Waals surface area contributed by atoms with Crippen molar-refractivity contribution in [2.24, 2.45) is 14.1 Å². The third-order valence-corrected chi connectivity index (χ3v) is 3.63. The maximum atomic E-state index is 4.56. The molecule has 0 saturated carbocycles. The molecule has 0 bridgehead atoms. The second kappa shape index (κ2) is 6.70. The molecule has 5 nitrogen and oxygen atoms in total. The molecular weight excluding hydrogens is 250 g/mol. The van der Waals surface area contributed by atoms with Crippen LogP contribution in [0.3, 0.4) is 0 Å². The monoisotopic (exact) mass is 275 g/mol. The first kappa shape index (κ1) is 14.8. The highest BCUT2D eigenvalue weighted by molar-refractivity contribution is 5.16. The molecule has 0 radical (unpaired) electrons. The Labute approximate surface area is 121 Å². The van der Waals surface area contributed by atoms with Crippen LogP contribution >= 0.6 is 0 Å². The van der Waals surface area contributed by atoms with E-state index in [4.69, 9.17) is 0 Å². The average Bonchev–Trinajstić information content (AvgIpc) is 3.01. The molecular formula is C15H25N5. The Morgan fingerprint density at radius 3 is 2.65 bits per heavy atom. The Kier molecular flexibility index (Phi) is 4.95. The number of rotatable bonds is 7. The zero-order chi connectivity index (χ0) is 14.5. The van der Waals surface area contributed by atoms with Gasteiger partial charge in [0.1, 0.15) is 5.82 Å². The molecule has 110 valence electrons. The topological polar surface area (TPSA) is 47.7 Å². The van der Waals surface area contributed by atoms with Gasteiger partial charge in [0.05, 0.1) is 17.4 Å². The standard InChI is InChI=1S/C15H25N5/c1-5-7-16-13(11-15-17-8-9-19(15)3)14-10-12(6-2)18-20(14)4/h8-10,13,16H,5-7,11H2,1-4H3. The van der Waals surface area contributed by atoms with Crippen LogP contribution in [0.1, 0.15) is 43.5 Å². The van der Waals surface area contributed by atoms with E-state index >= 15 is 0 Å². The molecule has 0 aliphatic rings. The Bertz CT molecular complexity index is 540. The van der Waals surface area contributed by atoms with Gasteiger partial charge in [-0.1, -0.05) is 13.8 Å². The molecule has 2 aromatic rings. The fraction of sp³-hybridized carbons (Fsp3) is 0.600. The van der Waals surface area contributed by atoms with Gasteiger partial charge in [-0.05, 0) is 25.5 Å². The highest BCUT2D eigenvalue weighted by Gasteiger charge is 2.18. The Hall–Kier alpha value is -1.62. The summed E-state index contributed by atoms with van der Waals surface area (Å²) in [6.45, 7) is 5.33. The van der Waals surface area contributed by atoms with E-state index in [0.717, 1.165) is 37.3 Å². The van der Waals surface area contributed by atoms with Gasteiger partial charge in [0.15, 0.2) is 0 Å². The predicted octanol–water partition coefficient (Wildman–Crippen LogP) is 2.00. The number of hydrogen-bond acceptors (Lipinski definition) is 3. The van der Waals surface area contributed by atoms with Crippen LogP contribution in [-0.2, 0) is 26.9 Å². The molecule has 0 aliphatic heterocycles. The Morgan fingerprint density at radius 1 is 1.30 bits per heavy atom. The summed E-state index contributed by atoms with van der Waals surface area (Å²) in [5.41, 5.74) is 2.38. The van der Waals surface area contributed by atoms with E-state index < -0.39 is 0 Å². The molecule has 1 N–H and O–H groups in total. The minimum Gasteiger partial charge on any atom is -0.338 e. The minimum absolute atomic E-state index is 0.258. The summed E-state index contributed by atoms with van der Waals surface area (Å²) in [4.78, 5) is 4.44. The van der Waals surface area contributed by atoms with Gasteiger partial charge in [-0.2, -0.15) is 5.10 Å². The average molecular weight is 275 g/mol. The molecule has 0 saturated heterocycles. The predicted molar refractivity (Wildman–Crippen MR) is 80.5 cm³/mol. The first-order chi connectivity index (χ1) is 9.65. The van der Waals surface area contributed by atoms with Crippen LogP contribution in [0.4, 0.5) is 0 Å². The fourth-order valence-corrected chi connectivity index (χ4v) is 2.42. The largest absolute Gasteiger partial charge is 0.338 e. The smallest absolute Gasteiger partial charge is 0.110 e. The van der Waals surface area contributed by atoms with E-state index in [1.807, 2.05) is 31.2 Å². The van der Waals surface area contributed by atoms with Gasteiger partial charge in [-0.25, -0.2) is 4.98 Å². The molecule has 1 atom stereocenters. The van der Waals surface area contributed by atoms with Gasteiger partial charge < -0.3 is 9.88 Å². The van der Waals surface area contributed by atoms with Gasteiger partial charge in [0.25, 0.3) is 0 Å². The maximum absolute atomic E-state index is 4.56. The van der Waals surface area contributed by atoms with Crippen LogP contribution in [0.5, 0.6) is 0 Å². The summed E-state index contributed by atoms with van der Waals surface area (Å²) in [5.74, 6) is 1.10. The highest BCUT2D eigenvalue weighted by Crippen LogP contribution is 2.18. The molecule has 0 amide bonds. The normalized spacial score (nSPS) is 12.8. The molecule has 0 aromatic carbocycles. The summed E-state index contributed by atoms with van der Waals surface area (Å²) in [7, 11) is 4.06. The zero-order valence-electron chi connectivity index (χ0n) is 12.9. The van der Waals surface area contributed by atoms with Crippen LogP contribution < -0.4 is 5.32 Å². The van der Waals surface area contributed by atoms with E-state index in [2.05, 4.69) is 39.9 Å². The van der Waals surface area contributed by atoms with Crippen molar-refractivity contribution < 1.29 is 0 Å². The van der Waals surface area contributed by atoms with Crippen LogP contribution in [0, 0.1) is 0 Å². The molecule has 0 aliphatic carbocycles. The van der Waals surface area contributed by atoms with Gasteiger partial charge in [-0.15, -0.1) is 0 Å². The number of imidazole rings is 1. The van der Waals surface area contributed by atoms with E-state index in [-0.39, 0.29) is 6.04 Å². The minimum atomic E-state index is 0.258. The SMILES string of the molecule is CCCNC(Cc1nccn1C)c1cc(CC)nn1C. The van der Waals surface area contributed by atoms with Crippen LogP contribution in [0.25, 0.3) is 0 Å². The van der Waals surface area contributed by atoms with Crippen LogP contribution in [0.2, 0.25) is 0 Å². The number of hydrogen-bond donors (Lipinski definition) is 1. The molecule has 1 unspecified atom stereocenters. The Balaban J connectivity index is 2.22. The number of nitrogens with one attached hydrogen (secondary N) is 1. The van der Waals surface area contributed by atoms with Crippen molar-refractivity contribution in [1.29, 1.82) is 0 Å². The molecule has 5 heteroatoms. The van der Waals surface area contributed by atoms with Crippen LogP contribution in [-0.4, -0.2) is 25.9 Å². The summed E-state index contributed by atoms with van der Waals surface area (Å²) in [6.07, 6.45) is 6.82. The van der Waals surface area contributed by atoms with Crippen molar-refractivity contribution in [1.82, 2.24) is 24.6 Å². The summed E-state index contributed by atoms with van der Waals surface area (Å²) < 4.78 is 4.08. The third kappa shape index (κ3) is 3.28. The maximum Gasteiger partial charge on any atom is 0.110 e. The van der Waals surface area contributed by atoms with Gasteiger partial charge >= 0.3 is 0 Å². The van der Waals surface area contributed by atoms with E-state index in [1.54, 1.807) is 0 Å². The molecule has 2 heterocycles. The number of nitrogens with zero attached hydrogens (tertiary/aromatic N) is 4. The summed E-state index contributed by atoms with van der Waals surface area (Å²) in [5, 5.41) is 8.17. The number of aryl methyl sites for hydroxylation is 3. The lowest BCUT2D eigenvalue weighted by Crippen LogP contribution is -2.27. The number of aromatic nitrogens is 4. The van der Waals surface area contributed by atoms with Crippen LogP contribution in [0.15, 0.2) is 18.5 Å². The lowest BCUT2D eigenvalue weighted by atomic mass is 10.1. The molecule has 0 spiro atoms. The second-order valence-electron chi connectivity index (χ2n) is 5.20. The quantitative estimate of drug-likeness (QED) is 0.841. The third-order valence-electron chi connectivity index (χ3n) is 3.63. The molecule has 20 heavy (non-hydrogen) atoms. The van der Waals surface area contributed by atoms with Gasteiger partial charge in [-0.3, -0.25) is 4.68 Å². The van der Waals surface area contributed by atoms with Crippen molar-refractivity contribution in [3.63, 3.8) is 0 Å². The first-order valence-corrected chi connectivity index (χ1v) is 7.38. The fourth-order valence-electron chi connectivity index (χ4n) is 2.42. The lowest BCUT2D eigenvalue weighted by molar-refractivity contribution is 0.479. The highest BCUT2D eigenvalue weighted by atomic mass is 15.3. The lowest BCUT2D eigenvalue weighted by Gasteiger charge is -2.18. The Morgan fingerprint density at radius 2 is 2.10 bits per heavy atom. The van der Waals surface area contributed by atoms with E-state index in [1.165, 1.54) is 5.69 Å². The molecule has 2 aromatic heterocycles. The van der Waals surface area contributed by atoms with E-state index in [9.17, 15) is 0 Å². The second-order valence-corrected chi connectivity index (χ2v) is 5.20. The zero-order valence-corrected chi connectivity index (χ0v) is 12.9. The van der Waals surface area contributed by atoms with Crippen molar-refractivity contribution in [2.45, 2.75) is 39.2 Å². The molecule has 2 rings (SSSR count). The van der Waals surface area contributed by atoms with Crippen molar-refractivity contribution in [3.8, 4) is 0 Å². The van der Waals surface area contributed by atoms with Gasteiger partial charge in [0.2, 0.25) is 0 Å². The van der Waals surface area contributed by atoms with Crippen molar-refractivity contribution in [3.05, 3.63) is 35.7 Å². The first-order valence-electron chi connectivity index (χ1n) is 7.38. The van der Waals surface area contributed by atoms with Gasteiger partial charge in [0, 0.05) is 32.9 Å². The van der Waals surface area contributed by atoms with Crippen molar-refractivity contribution >= 4 is 0 Å².